The summed E-state index contributed by atoms with van der Waals surface area (Å²) in [6.07, 6.45) is 1.60. The molecule has 1 fully saturated rings. The molecular weight excluding hydrogens is 342 g/mol. The number of nitrogens with one attached hydrogen (secondary N) is 2. The molecule has 2 N–H and O–H groups in total. The molecule has 3 aromatic rings. The van der Waals surface area contributed by atoms with Gasteiger partial charge < -0.3 is 19.9 Å². The van der Waals surface area contributed by atoms with Gasteiger partial charge in [0.05, 0.1) is 18.8 Å². The molecule has 27 heavy (non-hydrogen) atoms. The standard InChI is InChI=1S/C21H21N3O3/c1-14-3-2-4-18-19(14)17(13-22-18)20(25)21(26)23-15-5-7-16(8-6-15)24-9-11-27-12-10-24/h2-8,13,22H,9-12H2,1H3,(H,23,26). The number of ketones is 1. The van der Waals surface area contributed by atoms with Gasteiger partial charge in [0.15, 0.2) is 0 Å². The van der Waals surface area contributed by atoms with Crippen LogP contribution in [-0.2, 0) is 9.53 Å². The Hall–Kier alpha value is -3.12. The summed E-state index contributed by atoms with van der Waals surface area (Å²) in [5.74, 6) is -1.19. The minimum absolute atomic E-state index is 0.394. The van der Waals surface area contributed by atoms with Crippen molar-refractivity contribution in [3.8, 4) is 0 Å². The van der Waals surface area contributed by atoms with Gasteiger partial charge in [-0.15, -0.1) is 0 Å². The van der Waals surface area contributed by atoms with Gasteiger partial charge >= 0.3 is 0 Å². The summed E-state index contributed by atoms with van der Waals surface area (Å²) in [4.78, 5) is 30.4. The van der Waals surface area contributed by atoms with Crippen LogP contribution in [0.3, 0.4) is 0 Å². The van der Waals surface area contributed by atoms with E-state index >= 15 is 0 Å². The molecule has 0 radical (unpaired) electrons. The van der Waals surface area contributed by atoms with Crippen LogP contribution in [0.4, 0.5) is 11.4 Å². The molecule has 0 aliphatic carbocycles. The lowest BCUT2D eigenvalue weighted by Crippen LogP contribution is -2.36. The monoisotopic (exact) mass is 363 g/mol. The number of anilines is 2. The summed E-state index contributed by atoms with van der Waals surface area (Å²) in [5, 5.41) is 3.49. The zero-order valence-corrected chi connectivity index (χ0v) is 15.1. The Morgan fingerprint density at radius 1 is 1.07 bits per heavy atom. The maximum Gasteiger partial charge on any atom is 0.296 e. The predicted octanol–water partition coefficient (Wildman–Crippen LogP) is 3.13. The molecule has 4 rings (SSSR count). The van der Waals surface area contributed by atoms with Crippen LogP contribution in [0.1, 0.15) is 15.9 Å². The third-order valence-electron chi connectivity index (χ3n) is 4.87. The Bertz CT molecular complexity index is 986. The molecule has 0 unspecified atom stereocenters. The lowest BCUT2D eigenvalue weighted by Gasteiger charge is -2.28. The number of nitrogens with zero attached hydrogens (tertiary/aromatic N) is 1. The fourth-order valence-electron chi connectivity index (χ4n) is 3.43. The van der Waals surface area contributed by atoms with Crippen molar-refractivity contribution >= 4 is 34.0 Å². The first-order valence-electron chi connectivity index (χ1n) is 8.98. The highest BCUT2D eigenvalue weighted by Gasteiger charge is 2.21. The number of Topliss-reactive ketones (excluding diaryl/α,β-unsaturated/α-hetero) is 1. The highest BCUT2D eigenvalue weighted by Crippen LogP contribution is 2.23. The average molecular weight is 363 g/mol. The minimum atomic E-state index is -0.640. The van der Waals surface area contributed by atoms with E-state index < -0.39 is 11.7 Å². The number of ether oxygens (including phenoxy) is 1. The van der Waals surface area contributed by atoms with Crippen molar-refractivity contribution < 1.29 is 14.3 Å². The number of H-pyrrole nitrogens is 1. The second kappa shape index (κ2) is 7.25. The number of aryl methyl sites for hydroxylation is 1. The molecule has 0 atom stereocenters. The van der Waals surface area contributed by atoms with Crippen LogP contribution in [0.5, 0.6) is 0 Å². The minimum Gasteiger partial charge on any atom is -0.378 e. The SMILES string of the molecule is Cc1cccc2[nH]cc(C(=O)C(=O)Nc3ccc(N4CCOCC4)cc3)c12. The van der Waals surface area contributed by atoms with Crippen molar-refractivity contribution in [1.82, 2.24) is 4.98 Å². The molecule has 6 heteroatoms. The Labute approximate surface area is 157 Å². The van der Waals surface area contributed by atoms with Crippen molar-refractivity contribution in [1.29, 1.82) is 0 Å². The van der Waals surface area contributed by atoms with E-state index in [-0.39, 0.29) is 0 Å². The Morgan fingerprint density at radius 2 is 1.81 bits per heavy atom. The number of amides is 1. The van der Waals surface area contributed by atoms with Crippen molar-refractivity contribution in [2.24, 2.45) is 0 Å². The van der Waals surface area contributed by atoms with Crippen molar-refractivity contribution in [2.75, 3.05) is 36.5 Å². The molecule has 1 aliphatic rings. The van der Waals surface area contributed by atoms with Gasteiger partial charge in [-0.1, -0.05) is 12.1 Å². The van der Waals surface area contributed by atoms with Crippen LogP contribution in [0.15, 0.2) is 48.7 Å². The predicted molar refractivity (Wildman–Crippen MR) is 105 cm³/mol. The number of hydrogen-bond donors (Lipinski definition) is 2. The average Bonchev–Trinajstić information content (AvgIpc) is 3.14. The Morgan fingerprint density at radius 3 is 2.56 bits per heavy atom. The van der Waals surface area contributed by atoms with E-state index in [0.29, 0.717) is 11.3 Å². The second-order valence-corrected chi connectivity index (χ2v) is 6.63. The molecule has 0 bridgehead atoms. The molecular formula is C21H21N3O3. The number of aromatic amines is 1. The molecule has 1 aromatic heterocycles. The van der Waals surface area contributed by atoms with E-state index in [9.17, 15) is 9.59 Å². The van der Waals surface area contributed by atoms with Gasteiger partial charge in [0.2, 0.25) is 0 Å². The molecule has 2 heterocycles. The molecule has 1 amide bonds. The van der Waals surface area contributed by atoms with Gasteiger partial charge in [0.25, 0.3) is 11.7 Å². The molecule has 2 aromatic carbocycles. The van der Waals surface area contributed by atoms with Crippen LogP contribution in [0.25, 0.3) is 10.9 Å². The topological polar surface area (TPSA) is 74.4 Å². The summed E-state index contributed by atoms with van der Waals surface area (Å²) in [7, 11) is 0. The van der Waals surface area contributed by atoms with Gasteiger partial charge in [0, 0.05) is 41.6 Å². The molecule has 1 aliphatic heterocycles. The third-order valence-corrected chi connectivity index (χ3v) is 4.87. The maximum absolute atomic E-state index is 12.6. The van der Waals surface area contributed by atoms with Crippen LogP contribution < -0.4 is 10.2 Å². The van der Waals surface area contributed by atoms with E-state index in [0.717, 1.165) is 48.5 Å². The van der Waals surface area contributed by atoms with Crippen molar-refractivity contribution in [3.63, 3.8) is 0 Å². The van der Waals surface area contributed by atoms with Crippen LogP contribution in [0.2, 0.25) is 0 Å². The Balaban J connectivity index is 1.49. The van der Waals surface area contributed by atoms with Crippen molar-refractivity contribution in [2.45, 2.75) is 6.92 Å². The molecule has 6 nitrogen and oxygen atoms in total. The lowest BCUT2D eigenvalue weighted by molar-refractivity contribution is -0.112. The summed E-state index contributed by atoms with van der Waals surface area (Å²) < 4.78 is 5.36. The number of carbonyl (C=O) groups excluding carboxylic acids is 2. The summed E-state index contributed by atoms with van der Waals surface area (Å²) in [6.45, 7) is 5.07. The van der Waals surface area contributed by atoms with E-state index in [1.165, 1.54) is 0 Å². The normalized spacial score (nSPS) is 14.3. The first kappa shape index (κ1) is 17.3. The number of fused-ring (bicyclic) bond motifs is 1. The summed E-state index contributed by atoms with van der Waals surface area (Å²) in [5.41, 5.74) is 3.88. The van der Waals surface area contributed by atoms with Crippen molar-refractivity contribution in [3.05, 3.63) is 59.8 Å². The first-order valence-corrected chi connectivity index (χ1v) is 8.98. The van der Waals surface area contributed by atoms with Crippen LogP contribution in [0, 0.1) is 6.92 Å². The maximum atomic E-state index is 12.6. The first-order chi connectivity index (χ1) is 13.1. The largest absolute Gasteiger partial charge is 0.378 e. The zero-order valence-electron chi connectivity index (χ0n) is 15.1. The molecule has 0 saturated carbocycles. The van der Waals surface area contributed by atoms with Gasteiger partial charge in [-0.2, -0.15) is 0 Å². The van der Waals surface area contributed by atoms with Gasteiger partial charge in [0.1, 0.15) is 0 Å². The zero-order chi connectivity index (χ0) is 18.8. The fourth-order valence-corrected chi connectivity index (χ4v) is 3.43. The fraction of sp³-hybridized carbons (Fsp3) is 0.238. The number of carbonyl (C=O) groups is 2. The van der Waals surface area contributed by atoms with Crippen LogP contribution >= 0.6 is 0 Å². The second-order valence-electron chi connectivity index (χ2n) is 6.63. The van der Waals surface area contributed by atoms with E-state index in [2.05, 4.69) is 15.2 Å². The molecule has 1 saturated heterocycles. The highest BCUT2D eigenvalue weighted by molar-refractivity contribution is 6.48. The number of hydrogen-bond acceptors (Lipinski definition) is 4. The van der Waals surface area contributed by atoms with Gasteiger partial charge in [-0.3, -0.25) is 9.59 Å². The molecule has 138 valence electrons. The van der Waals surface area contributed by atoms with Crippen LogP contribution in [-0.4, -0.2) is 43.0 Å². The third kappa shape index (κ3) is 3.44. The number of morpholine rings is 1. The highest BCUT2D eigenvalue weighted by atomic mass is 16.5. The smallest absolute Gasteiger partial charge is 0.296 e. The van der Waals surface area contributed by atoms with E-state index in [4.69, 9.17) is 4.74 Å². The Kier molecular flexibility index (Phi) is 4.64. The van der Waals surface area contributed by atoms with E-state index in [1.807, 2.05) is 49.4 Å². The number of aromatic nitrogens is 1. The lowest BCUT2D eigenvalue weighted by atomic mass is 10.0. The summed E-state index contributed by atoms with van der Waals surface area (Å²) in [6, 6.07) is 13.3. The molecule has 0 spiro atoms. The summed E-state index contributed by atoms with van der Waals surface area (Å²) >= 11 is 0. The number of rotatable bonds is 4. The van der Waals surface area contributed by atoms with E-state index in [1.54, 1.807) is 6.20 Å². The quantitative estimate of drug-likeness (QED) is 0.552. The van der Waals surface area contributed by atoms with Gasteiger partial charge in [-0.05, 0) is 42.8 Å². The number of benzene rings is 2. The van der Waals surface area contributed by atoms with Gasteiger partial charge in [-0.25, -0.2) is 0 Å².